The quantitative estimate of drug-likeness (QED) is 0.894. The predicted octanol–water partition coefficient (Wildman–Crippen LogP) is 2.81. The van der Waals surface area contributed by atoms with Crippen LogP contribution in [0.2, 0.25) is 0 Å². The monoisotopic (exact) mass is 249 g/mol. The molecular formula is C11H14ClF2NO. The molecule has 0 unspecified atom stereocenters. The van der Waals surface area contributed by atoms with Crippen molar-refractivity contribution in [1.82, 2.24) is 0 Å². The van der Waals surface area contributed by atoms with Crippen LogP contribution in [0.4, 0.5) is 8.78 Å². The Labute approximate surface area is 99.2 Å². The van der Waals surface area contributed by atoms with E-state index in [0.29, 0.717) is 5.92 Å². The molecular weight excluding hydrogens is 236 g/mol. The topological polar surface area (TPSA) is 35.2 Å². The van der Waals surface area contributed by atoms with E-state index in [1.54, 1.807) is 0 Å². The van der Waals surface area contributed by atoms with Crippen LogP contribution >= 0.6 is 12.4 Å². The van der Waals surface area contributed by atoms with Crippen molar-refractivity contribution >= 4 is 12.4 Å². The Morgan fingerprint density at radius 2 is 1.94 bits per heavy atom. The zero-order valence-corrected chi connectivity index (χ0v) is 9.69. The van der Waals surface area contributed by atoms with Gasteiger partial charge < -0.3 is 10.5 Å². The fourth-order valence-corrected chi connectivity index (χ4v) is 1.67. The van der Waals surface area contributed by atoms with E-state index in [2.05, 4.69) is 4.74 Å². The summed E-state index contributed by atoms with van der Waals surface area (Å²) in [6.07, 6.45) is 1.99. The lowest BCUT2D eigenvalue weighted by Crippen LogP contribution is -2.14. The van der Waals surface area contributed by atoms with Gasteiger partial charge in [0, 0.05) is 17.7 Å². The van der Waals surface area contributed by atoms with Crippen molar-refractivity contribution in [2.45, 2.75) is 18.9 Å². The molecule has 2 nitrogen and oxygen atoms in total. The minimum atomic E-state index is -0.565. The minimum absolute atomic E-state index is 0. The molecule has 0 amide bonds. The number of hydrogen-bond acceptors (Lipinski definition) is 2. The second kappa shape index (κ2) is 4.97. The number of ether oxygens (including phenoxy) is 1. The summed E-state index contributed by atoms with van der Waals surface area (Å²) >= 11 is 0. The van der Waals surface area contributed by atoms with Gasteiger partial charge in [-0.1, -0.05) is 0 Å². The first-order valence-electron chi connectivity index (χ1n) is 4.92. The number of benzene rings is 1. The number of hydrogen-bond donors (Lipinski definition) is 1. The van der Waals surface area contributed by atoms with Gasteiger partial charge in [-0.25, -0.2) is 8.78 Å². The summed E-state index contributed by atoms with van der Waals surface area (Å²) in [6, 6.07) is 1.79. The van der Waals surface area contributed by atoms with Crippen molar-refractivity contribution in [1.29, 1.82) is 0 Å². The van der Waals surface area contributed by atoms with Crippen LogP contribution in [0.5, 0.6) is 5.75 Å². The molecule has 1 aliphatic carbocycles. The van der Waals surface area contributed by atoms with Gasteiger partial charge in [0.05, 0.1) is 7.11 Å². The van der Waals surface area contributed by atoms with Gasteiger partial charge in [-0.3, -0.25) is 0 Å². The van der Waals surface area contributed by atoms with E-state index in [1.165, 1.54) is 7.11 Å². The molecule has 2 N–H and O–H groups in total. The summed E-state index contributed by atoms with van der Waals surface area (Å²) in [6.45, 7) is 0. The second-order valence-corrected chi connectivity index (χ2v) is 3.87. The highest BCUT2D eigenvalue weighted by Crippen LogP contribution is 2.40. The van der Waals surface area contributed by atoms with Crippen molar-refractivity contribution in [3.63, 3.8) is 0 Å². The summed E-state index contributed by atoms with van der Waals surface area (Å²) < 4.78 is 31.5. The van der Waals surface area contributed by atoms with E-state index in [1.807, 2.05) is 0 Å². The average molecular weight is 250 g/mol. The molecule has 0 bridgehead atoms. The van der Waals surface area contributed by atoms with E-state index in [4.69, 9.17) is 5.73 Å². The normalized spacial score (nSPS) is 16.5. The number of rotatable bonds is 3. The van der Waals surface area contributed by atoms with Crippen LogP contribution in [0.15, 0.2) is 12.1 Å². The van der Waals surface area contributed by atoms with Crippen molar-refractivity contribution in [3.05, 3.63) is 29.3 Å². The van der Waals surface area contributed by atoms with Crippen LogP contribution in [0.3, 0.4) is 0 Å². The van der Waals surface area contributed by atoms with Gasteiger partial charge in [0.1, 0.15) is 5.82 Å². The molecule has 0 aromatic heterocycles. The number of nitrogens with two attached hydrogens (primary N) is 1. The third kappa shape index (κ3) is 2.44. The van der Waals surface area contributed by atoms with Crippen LogP contribution in [0.25, 0.3) is 0 Å². The summed E-state index contributed by atoms with van der Waals surface area (Å²) in [5.41, 5.74) is 6.06. The molecule has 0 aliphatic heterocycles. The standard InChI is InChI=1S/C11H13F2NO.ClH/c1-15-10-5-8(12)7(4-9(10)13)11(14)6-2-3-6;/h4-6,11H,2-3,14H2,1H3;1H/t11-;/m1./s1. The van der Waals surface area contributed by atoms with Crippen LogP contribution in [0, 0.1) is 17.6 Å². The van der Waals surface area contributed by atoms with Crippen molar-refractivity contribution in [3.8, 4) is 5.75 Å². The zero-order valence-electron chi connectivity index (χ0n) is 8.87. The molecule has 0 saturated heterocycles. The Balaban J connectivity index is 0.00000128. The van der Waals surface area contributed by atoms with Crippen LogP contribution in [-0.4, -0.2) is 7.11 Å². The summed E-state index contributed by atoms with van der Waals surface area (Å²) in [5, 5.41) is 0. The Morgan fingerprint density at radius 3 is 2.44 bits per heavy atom. The Hall–Kier alpha value is -0.870. The van der Waals surface area contributed by atoms with Gasteiger partial charge in [0.15, 0.2) is 11.6 Å². The first-order chi connectivity index (χ1) is 7.13. The maximum absolute atomic E-state index is 13.5. The molecule has 1 fully saturated rings. The highest BCUT2D eigenvalue weighted by Gasteiger charge is 2.31. The Kier molecular flexibility index (Phi) is 4.10. The van der Waals surface area contributed by atoms with Gasteiger partial charge in [-0.05, 0) is 24.8 Å². The molecule has 0 spiro atoms. The Bertz CT molecular complexity index is 382. The van der Waals surface area contributed by atoms with Gasteiger partial charge >= 0.3 is 0 Å². The molecule has 1 aromatic rings. The van der Waals surface area contributed by atoms with Crippen molar-refractivity contribution in [2.75, 3.05) is 7.11 Å². The molecule has 0 radical (unpaired) electrons. The highest BCUT2D eigenvalue weighted by atomic mass is 35.5. The lowest BCUT2D eigenvalue weighted by atomic mass is 10.0. The number of methoxy groups -OCH3 is 1. The SMILES string of the molecule is COc1cc(F)c([C@H](N)C2CC2)cc1F.Cl. The second-order valence-electron chi connectivity index (χ2n) is 3.87. The maximum atomic E-state index is 13.5. The fourth-order valence-electron chi connectivity index (χ4n) is 1.67. The fraction of sp³-hybridized carbons (Fsp3) is 0.455. The molecule has 1 saturated carbocycles. The molecule has 1 aromatic carbocycles. The van der Waals surface area contributed by atoms with E-state index in [0.717, 1.165) is 25.0 Å². The third-order valence-corrected chi connectivity index (χ3v) is 2.76. The van der Waals surface area contributed by atoms with Gasteiger partial charge in [-0.2, -0.15) is 0 Å². The first-order valence-corrected chi connectivity index (χ1v) is 4.92. The lowest BCUT2D eigenvalue weighted by Gasteiger charge is -2.13. The molecule has 90 valence electrons. The third-order valence-electron chi connectivity index (χ3n) is 2.76. The molecule has 2 rings (SSSR count). The van der Waals surface area contributed by atoms with Crippen LogP contribution in [0.1, 0.15) is 24.4 Å². The van der Waals surface area contributed by atoms with Crippen LogP contribution < -0.4 is 10.5 Å². The largest absolute Gasteiger partial charge is 0.494 e. The maximum Gasteiger partial charge on any atom is 0.165 e. The number of halogens is 3. The summed E-state index contributed by atoms with van der Waals surface area (Å²) in [4.78, 5) is 0. The molecule has 1 aliphatic rings. The van der Waals surface area contributed by atoms with Crippen LogP contribution in [-0.2, 0) is 0 Å². The molecule has 0 heterocycles. The Morgan fingerprint density at radius 1 is 1.31 bits per heavy atom. The van der Waals surface area contributed by atoms with E-state index in [9.17, 15) is 8.78 Å². The molecule has 1 atom stereocenters. The smallest absolute Gasteiger partial charge is 0.165 e. The van der Waals surface area contributed by atoms with Gasteiger partial charge in [-0.15, -0.1) is 12.4 Å². The van der Waals surface area contributed by atoms with Gasteiger partial charge in [0.2, 0.25) is 0 Å². The molecule has 16 heavy (non-hydrogen) atoms. The lowest BCUT2D eigenvalue weighted by molar-refractivity contribution is 0.380. The highest BCUT2D eigenvalue weighted by molar-refractivity contribution is 5.85. The van der Waals surface area contributed by atoms with Gasteiger partial charge in [0.25, 0.3) is 0 Å². The molecule has 5 heteroatoms. The summed E-state index contributed by atoms with van der Waals surface area (Å²) in [5.74, 6) is -0.843. The average Bonchev–Trinajstić information content (AvgIpc) is 3.03. The first kappa shape index (κ1) is 13.2. The van der Waals surface area contributed by atoms with E-state index in [-0.39, 0.29) is 23.7 Å². The van der Waals surface area contributed by atoms with E-state index >= 15 is 0 Å². The predicted molar refractivity (Wildman–Crippen MR) is 59.8 cm³/mol. The zero-order chi connectivity index (χ0) is 11.0. The van der Waals surface area contributed by atoms with E-state index < -0.39 is 17.7 Å². The minimum Gasteiger partial charge on any atom is -0.494 e. The van der Waals surface area contributed by atoms with Crippen molar-refractivity contribution < 1.29 is 13.5 Å². The summed E-state index contributed by atoms with van der Waals surface area (Å²) in [7, 11) is 1.30. The van der Waals surface area contributed by atoms with Crippen molar-refractivity contribution in [2.24, 2.45) is 11.7 Å².